The summed E-state index contributed by atoms with van der Waals surface area (Å²) in [6, 6.07) is 16.2. The second-order valence-corrected chi connectivity index (χ2v) is 6.44. The summed E-state index contributed by atoms with van der Waals surface area (Å²) >= 11 is 0. The zero-order valence-corrected chi connectivity index (χ0v) is 14.4. The summed E-state index contributed by atoms with van der Waals surface area (Å²) in [5, 5.41) is 9.12. The molecule has 1 saturated heterocycles. The molecule has 2 heterocycles. The molecule has 4 rings (SSSR count). The number of nitrogens with one attached hydrogen (secondary N) is 1. The van der Waals surface area contributed by atoms with Gasteiger partial charge in [-0.25, -0.2) is 0 Å². The highest BCUT2D eigenvalue weighted by atomic mass is 16.6. The monoisotopic (exact) mass is 348 g/mol. The minimum Gasteiger partial charge on any atom is -0.493 e. The maximum absolute atomic E-state index is 5.94. The molecule has 0 aromatic heterocycles. The minimum absolute atomic E-state index is 0.249. The predicted octanol–water partition coefficient (Wildman–Crippen LogP) is 1.72. The van der Waals surface area contributed by atoms with Gasteiger partial charge >= 0.3 is 0 Å². The van der Waals surface area contributed by atoms with Crippen LogP contribution in [0, 0.1) is 5.92 Å². The molecule has 0 bridgehead atoms. The molecule has 26 heavy (non-hydrogen) atoms. The summed E-state index contributed by atoms with van der Waals surface area (Å²) in [4.78, 5) is 0. The molecular weight excluding hydrogens is 326 g/mol. The summed E-state index contributed by atoms with van der Waals surface area (Å²) in [7, 11) is 0. The van der Waals surface area contributed by atoms with Crippen LogP contribution < -0.4 is 21.2 Å². The molecule has 0 amide bonds. The lowest BCUT2D eigenvalue weighted by Gasteiger charge is -2.27. The van der Waals surface area contributed by atoms with Crippen molar-refractivity contribution in [3.8, 4) is 5.75 Å². The van der Waals surface area contributed by atoms with Crippen LogP contribution in [0.3, 0.4) is 0 Å². The molecule has 2 aliphatic rings. The zero-order valence-electron chi connectivity index (χ0n) is 14.4. The lowest BCUT2D eigenvalue weighted by molar-refractivity contribution is -0.103. The van der Waals surface area contributed by atoms with E-state index in [1.54, 1.807) is 0 Å². The van der Waals surface area contributed by atoms with Crippen molar-refractivity contribution in [2.24, 2.45) is 11.7 Å². The summed E-state index contributed by atoms with van der Waals surface area (Å²) in [5.74, 6) is 2.24. The Morgan fingerprint density at radius 1 is 1.12 bits per heavy atom. The van der Waals surface area contributed by atoms with Gasteiger partial charge in [-0.1, -0.05) is 30.3 Å². The van der Waals surface area contributed by atoms with Gasteiger partial charge in [0.15, 0.2) is 12.0 Å². The van der Waals surface area contributed by atoms with Gasteiger partial charge in [0.2, 0.25) is 0 Å². The fourth-order valence-corrected chi connectivity index (χ4v) is 3.25. The Morgan fingerprint density at radius 3 is 2.58 bits per heavy atom. The van der Waals surface area contributed by atoms with Crippen molar-refractivity contribution >= 4 is 17.5 Å². The third-order valence-electron chi connectivity index (χ3n) is 4.73. The molecule has 2 aromatic rings. The molecule has 0 spiro atoms. The molecule has 1 atom stereocenters. The number of para-hydroxylation sites is 1. The van der Waals surface area contributed by atoms with Crippen LogP contribution in [0.2, 0.25) is 0 Å². The van der Waals surface area contributed by atoms with Gasteiger partial charge < -0.3 is 20.5 Å². The van der Waals surface area contributed by atoms with Gasteiger partial charge in [0, 0.05) is 17.8 Å². The molecule has 132 valence electrons. The van der Waals surface area contributed by atoms with Crippen molar-refractivity contribution in [1.82, 2.24) is 0 Å². The molecule has 5 heteroatoms. The molecule has 1 fully saturated rings. The first-order valence-electron chi connectivity index (χ1n) is 8.69. The standard InChI is InChI=1S/C21H21N3O2/c22-10-17(11-23)14-5-7-18(8-6-14)24-21(20-13-26-20)16-9-15-3-1-2-4-19(15)25-12-16/h1-8,10-11,16,22,24H,9,12-13,23H2/p+1/b17-11+,21-20?,22-10?. The minimum atomic E-state index is 0.249. The van der Waals surface area contributed by atoms with E-state index in [0.717, 1.165) is 40.5 Å². The molecule has 5 N–H and O–H groups in total. The van der Waals surface area contributed by atoms with E-state index < -0.39 is 0 Å². The molecule has 0 saturated carbocycles. The summed E-state index contributed by atoms with van der Waals surface area (Å²) in [6.07, 6.45) is 3.95. The first-order chi connectivity index (χ1) is 12.8. The van der Waals surface area contributed by atoms with Crippen molar-refractivity contribution in [3.05, 3.63) is 77.3 Å². The van der Waals surface area contributed by atoms with E-state index in [9.17, 15) is 0 Å². The third-order valence-corrected chi connectivity index (χ3v) is 4.73. The van der Waals surface area contributed by atoms with Gasteiger partial charge in [-0.05, 0) is 35.7 Å². The largest absolute Gasteiger partial charge is 0.493 e. The van der Waals surface area contributed by atoms with E-state index in [2.05, 4.69) is 11.4 Å². The number of rotatable bonds is 5. The van der Waals surface area contributed by atoms with Crippen LogP contribution in [0.5, 0.6) is 5.75 Å². The van der Waals surface area contributed by atoms with E-state index in [1.165, 1.54) is 18.0 Å². The average Bonchev–Trinajstić information content (AvgIpc) is 3.53. The second-order valence-electron chi connectivity index (χ2n) is 6.44. The first kappa shape index (κ1) is 16.3. The first-order valence-corrected chi connectivity index (χ1v) is 8.69. The highest BCUT2D eigenvalue weighted by Crippen LogP contribution is 2.35. The van der Waals surface area contributed by atoms with Gasteiger partial charge in [0.25, 0.3) is 0 Å². The molecule has 5 nitrogen and oxygen atoms in total. The van der Waals surface area contributed by atoms with E-state index in [0.29, 0.717) is 13.2 Å². The number of anilines is 1. The number of epoxide rings is 1. The summed E-state index contributed by atoms with van der Waals surface area (Å²) in [6.45, 7) is 1.33. The Kier molecular flexibility index (Phi) is 4.35. The van der Waals surface area contributed by atoms with Gasteiger partial charge in [-0.3, -0.25) is 5.41 Å². The van der Waals surface area contributed by atoms with Crippen molar-refractivity contribution in [3.63, 3.8) is 0 Å². The Hall–Kier alpha value is -3.21. The Balaban J connectivity index is 1.53. The number of benzene rings is 2. The van der Waals surface area contributed by atoms with Gasteiger partial charge in [-0.2, -0.15) is 0 Å². The van der Waals surface area contributed by atoms with Crippen molar-refractivity contribution < 1.29 is 14.9 Å². The Morgan fingerprint density at radius 2 is 1.88 bits per heavy atom. The Labute approximate surface area is 152 Å². The maximum atomic E-state index is 5.94. The smallest absolute Gasteiger partial charge is 0.169 e. The topological polar surface area (TPSA) is 85.4 Å². The summed E-state index contributed by atoms with van der Waals surface area (Å²) < 4.78 is 11.4. The molecule has 1 unspecified atom stereocenters. The fraction of sp³-hybridized carbons (Fsp3) is 0.190. The molecule has 0 aliphatic carbocycles. The summed E-state index contributed by atoms with van der Waals surface area (Å²) in [5.41, 5.74) is 10.7. The van der Waals surface area contributed by atoms with Crippen LogP contribution in [0.15, 0.2) is 66.2 Å². The van der Waals surface area contributed by atoms with E-state index in [4.69, 9.17) is 20.6 Å². The van der Waals surface area contributed by atoms with E-state index in [1.807, 2.05) is 42.5 Å². The van der Waals surface area contributed by atoms with Crippen LogP contribution in [-0.4, -0.2) is 19.4 Å². The van der Waals surface area contributed by atoms with Crippen LogP contribution >= 0.6 is 0 Å². The van der Waals surface area contributed by atoms with Gasteiger partial charge in [0.05, 0.1) is 17.9 Å². The number of fused-ring (bicyclic) bond motifs is 1. The number of allylic oxidation sites excluding steroid dienone is 1. The number of nitrogens with two attached hydrogens (primary N) is 2. The number of hydrogen-bond donors (Lipinski definition) is 3. The highest BCUT2D eigenvalue weighted by molar-refractivity contribution is 6.06. The van der Waals surface area contributed by atoms with Crippen molar-refractivity contribution in [1.29, 1.82) is 0 Å². The maximum Gasteiger partial charge on any atom is 0.169 e. The van der Waals surface area contributed by atoms with Crippen LogP contribution in [0.1, 0.15) is 11.1 Å². The lowest BCUT2D eigenvalue weighted by atomic mass is 9.93. The van der Waals surface area contributed by atoms with Gasteiger partial charge in [0.1, 0.15) is 12.4 Å². The predicted molar refractivity (Wildman–Crippen MR) is 102 cm³/mol. The van der Waals surface area contributed by atoms with Crippen LogP contribution in [0.4, 0.5) is 5.69 Å². The van der Waals surface area contributed by atoms with Crippen molar-refractivity contribution in [2.75, 3.05) is 18.5 Å². The molecule has 0 radical (unpaired) electrons. The number of ether oxygens (including phenoxy) is 2. The van der Waals surface area contributed by atoms with Gasteiger partial charge in [-0.15, -0.1) is 0 Å². The molecule has 2 aromatic carbocycles. The lowest BCUT2D eigenvalue weighted by Crippen LogP contribution is -2.30. The highest BCUT2D eigenvalue weighted by Gasteiger charge is 2.30. The fourth-order valence-electron chi connectivity index (χ4n) is 3.25. The van der Waals surface area contributed by atoms with Crippen molar-refractivity contribution in [2.45, 2.75) is 6.42 Å². The molecular formula is C21H22N3O2+. The van der Waals surface area contributed by atoms with Crippen LogP contribution in [-0.2, 0) is 11.2 Å². The Bertz CT molecular complexity index is 878. The third kappa shape index (κ3) is 3.28. The quantitative estimate of drug-likeness (QED) is 0.567. The van der Waals surface area contributed by atoms with E-state index in [-0.39, 0.29) is 5.92 Å². The number of hydrogen-bond acceptors (Lipinski definition) is 4. The normalized spacial score (nSPS) is 20.3. The van der Waals surface area contributed by atoms with Crippen LogP contribution in [0.25, 0.3) is 5.57 Å². The average molecular weight is 348 g/mol. The van der Waals surface area contributed by atoms with E-state index >= 15 is 0 Å². The molecule has 2 aliphatic heterocycles. The SMILES string of the molecule is N/C=C(\C=[NH2+])c1ccc(NC(=C2CO2)C2COc3ccccc3C2)cc1. The zero-order chi connectivity index (χ0) is 17.9. The second kappa shape index (κ2) is 6.96.